The number of pyridine rings is 2. The van der Waals surface area contributed by atoms with E-state index in [1.165, 1.54) is 0 Å². The van der Waals surface area contributed by atoms with Gasteiger partial charge in [0.2, 0.25) is 0 Å². The number of aromatic nitrogens is 4. The summed E-state index contributed by atoms with van der Waals surface area (Å²) in [7, 11) is 0. The van der Waals surface area contributed by atoms with Gasteiger partial charge in [-0.2, -0.15) is 0 Å². The van der Waals surface area contributed by atoms with Crippen LogP contribution in [0.25, 0.3) is 17.0 Å². The first kappa shape index (κ1) is 8.84. The predicted molar refractivity (Wildman–Crippen MR) is 60.6 cm³/mol. The van der Waals surface area contributed by atoms with E-state index in [4.69, 9.17) is 5.73 Å². The number of hydrogen-bond donors (Lipinski definition) is 1. The number of hydrogen-bond acceptors (Lipinski definition) is 4. The van der Waals surface area contributed by atoms with Crippen molar-refractivity contribution >= 4 is 11.3 Å². The Morgan fingerprint density at radius 1 is 1.06 bits per heavy atom. The Labute approximate surface area is 91.6 Å². The molecule has 0 fully saturated rings. The Hall–Kier alpha value is -2.43. The molecular formula is C11H9N5. The Morgan fingerprint density at radius 2 is 1.88 bits per heavy atom. The van der Waals surface area contributed by atoms with Crippen LogP contribution in [0, 0.1) is 0 Å². The van der Waals surface area contributed by atoms with Crippen LogP contribution in [-0.2, 0) is 0 Å². The van der Waals surface area contributed by atoms with Gasteiger partial charge in [-0.3, -0.25) is 9.38 Å². The highest BCUT2D eigenvalue weighted by Gasteiger charge is 2.08. The van der Waals surface area contributed by atoms with Crippen LogP contribution >= 0.6 is 0 Å². The molecule has 0 aliphatic heterocycles. The molecule has 5 nitrogen and oxygen atoms in total. The fourth-order valence-electron chi connectivity index (χ4n) is 1.63. The minimum Gasteiger partial charge on any atom is -0.396 e. The summed E-state index contributed by atoms with van der Waals surface area (Å²) < 4.78 is 1.87. The van der Waals surface area contributed by atoms with E-state index in [1.807, 2.05) is 28.8 Å². The molecule has 0 aliphatic rings. The van der Waals surface area contributed by atoms with E-state index in [0.29, 0.717) is 11.3 Å². The summed E-state index contributed by atoms with van der Waals surface area (Å²) in [4.78, 5) is 3.97. The lowest BCUT2D eigenvalue weighted by atomic mass is 10.2. The predicted octanol–water partition coefficient (Wildman–Crippen LogP) is 1.37. The monoisotopic (exact) mass is 211 g/mol. The molecule has 5 heteroatoms. The zero-order valence-electron chi connectivity index (χ0n) is 8.41. The number of anilines is 1. The van der Waals surface area contributed by atoms with Crippen molar-refractivity contribution < 1.29 is 0 Å². The van der Waals surface area contributed by atoms with Gasteiger partial charge in [0.15, 0.2) is 11.5 Å². The van der Waals surface area contributed by atoms with Crippen molar-refractivity contribution in [2.45, 2.75) is 0 Å². The maximum Gasteiger partial charge on any atom is 0.184 e. The van der Waals surface area contributed by atoms with Gasteiger partial charge < -0.3 is 5.73 Å². The molecular weight excluding hydrogens is 202 g/mol. The van der Waals surface area contributed by atoms with Crippen LogP contribution in [0.2, 0.25) is 0 Å². The standard InChI is InChI=1S/C11H9N5/c12-9-2-1-7-16-10(14-15-11(9)16)8-3-5-13-6-4-8/h1-7H,12H2. The number of rotatable bonds is 1. The summed E-state index contributed by atoms with van der Waals surface area (Å²) in [5.74, 6) is 0.768. The van der Waals surface area contributed by atoms with Crippen molar-refractivity contribution in [3.63, 3.8) is 0 Å². The number of nitrogen functional groups attached to an aromatic ring is 1. The number of fused-ring (bicyclic) bond motifs is 1. The Balaban J connectivity index is 2.30. The van der Waals surface area contributed by atoms with Crippen LogP contribution in [0.1, 0.15) is 0 Å². The molecule has 0 aromatic carbocycles. The second-order valence-corrected chi connectivity index (χ2v) is 3.42. The lowest BCUT2D eigenvalue weighted by Gasteiger charge is -1.99. The van der Waals surface area contributed by atoms with E-state index in [1.54, 1.807) is 18.5 Å². The van der Waals surface area contributed by atoms with Gasteiger partial charge in [-0.05, 0) is 24.3 Å². The summed E-state index contributed by atoms with van der Waals surface area (Å²) in [6.45, 7) is 0. The largest absolute Gasteiger partial charge is 0.396 e. The molecule has 0 bridgehead atoms. The highest BCUT2D eigenvalue weighted by atomic mass is 15.2. The van der Waals surface area contributed by atoms with Crippen LogP contribution in [-0.4, -0.2) is 19.6 Å². The molecule has 3 aromatic heterocycles. The van der Waals surface area contributed by atoms with E-state index in [-0.39, 0.29) is 0 Å². The first-order valence-electron chi connectivity index (χ1n) is 4.86. The van der Waals surface area contributed by atoms with Crippen molar-refractivity contribution in [1.82, 2.24) is 19.6 Å². The van der Waals surface area contributed by atoms with Crippen LogP contribution < -0.4 is 5.73 Å². The van der Waals surface area contributed by atoms with Crippen molar-refractivity contribution in [3.05, 3.63) is 42.9 Å². The second kappa shape index (κ2) is 3.30. The average molecular weight is 211 g/mol. The third kappa shape index (κ3) is 1.22. The maximum atomic E-state index is 5.81. The van der Waals surface area contributed by atoms with Crippen LogP contribution in [0.15, 0.2) is 42.9 Å². The SMILES string of the molecule is Nc1cccn2c(-c3ccncc3)nnc12. The molecule has 0 aliphatic carbocycles. The minimum absolute atomic E-state index is 0.621. The molecule has 0 atom stereocenters. The molecule has 0 spiro atoms. The minimum atomic E-state index is 0.621. The maximum absolute atomic E-state index is 5.81. The van der Waals surface area contributed by atoms with E-state index < -0.39 is 0 Å². The van der Waals surface area contributed by atoms with Gasteiger partial charge in [0.05, 0.1) is 5.69 Å². The first-order chi connectivity index (χ1) is 7.86. The van der Waals surface area contributed by atoms with Crippen LogP contribution in [0.5, 0.6) is 0 Å². The summed E-state index contributed by atoms with van der Waals surface area (Å²) in [6, 6.07) is 7.45. The lowest BCUT2D eigenvalue weighted by molar-refractivity contribution is 1.11. The Bertz CT molecular complexity index is 629. The first-order valence-corrected chi connectivity index (χ1v) is 4.86. The normalized spacial score (nSPS) is 10.8. The summed E-state index contributed by atoms with van der Waals surface area (Å²) in [5.41, 5.74) is 8.07. The molecule has 0 radical (unpaired) electrons. The fraction of sp³-hybridized carbons (Fsp3) is 0. The topological polar surface area (TPSA) is 69.1 Å². The van der Waals surface area contributed by atoms with Crippen molar-refractivity contribution in [1.29, 1.82) is 0 Å². The molecule has 0 saturated carbocycles. The van der Waals surface area contributed by atoms with Gasteiger partial charge in [0.25, 0.3) is 0 Å². The fourth-order valence-corrected chi connectivity index (χ4v) is 1.63. The third-order valence-corrected chi connectivity index (χ3v) is 2.40. The Morgan fingerprint density at radius 3 is 2.69 bits per heavy atom. The van der Waals surface area contributed by atoms with E-state index in [0.717, 1.165) is 11.4 Å². The van der Waals surface area contributed by atoms with E-state index >= 15 is 0 Å². The van der Waals surface area contributed by atoms with Gasteiger partial charge in [0, 0.05) is 24.2 Å². The molecule has 16 heavy (non-hydrogen) atoms. The molecule has 2 N–H and O–H groups in total. The van der Waals surface area contributed by atoms with Crippen molar-refractivity contribution in [2.24, 2.45) is 0 Å². The van der Waals surface area contributed by atoms with Gasteiger partial charge >= 0.3 is 0 Å². The highest BCUT2D eigenvalue weighted by Crippen LogP contribution is 2.19. The van der Waals surface area contributed by atoms with Gasteiger partial charge in [-0.15, -0.1) is 10.2 Å². The number of nitrogens with two attached hydrogens (primary N) is 1. The summed E-state index contributed by atoms with van der Waals surface area (Å²) >= 11 is 0. The van der Waals surface area contributed by atoms with Crippen molar-refractivity contribution in [3.8, 4) is 11.4 Å². The van der Waals surface area contributed by atoms with Gasteiger partial charge in [-0.25, -0.2) is 0 Å². The molecule has 0 saturated heterocycles. The molecule has 3 aromatic rings. The van der Waals surface area contributed by atoms with Gasteiger partial charge in [-0.1, -0.05) is 0 Å². The van der Waals surface area contributed by atoms with Crippen LogP contribution in [0.3, 0.4) is 0 Å². The van der Waals surface area contributed by atoms with Gasteiger partial charge in [0.1, 0.15) is 0 Å². The summed E-state index contributed by atoms with van der Waals surface area (Å²) in [6.07, 6.45) is 5.34. The van der Waals surface area contributed by atoms with E-state index in [9.17, 15) is 0 Å². The number of nitrogens with zero attached hydrogens (tertiary/aromatic N) is 4. The molecule has 3 heterocycles. The third-order valence-electron chi connectivity index (χ3n) is 2.40. The summed E-state index contributed by atoms with van der Waals surface area (Å²) in [5, 5.41) is 8.19. The second-order valence-electron chi connectivity index (χ2n) is 3.42. The average Bonchev–Trinajstić information content (AvgIpc) is 2.75. The smallest absolute Gasteiger partial charge is 0.184 e. The molecule has 0 amide bonds. The highest BCUT2D eigenvalue weighted by molar-refractivity contribution is 5.68. The lowest BCUT2D eigenvalue weighted by Crippen LogP contribution is -1.93. The molecule has 0 unspecified atom stereocenters. The van der Waals surface area contributed by atoms with E-state index in [2.05, 4.69) is 15.2 Å². The Kier molecular flexibility index (Phi) is 1.83. The quantitative estimate of drug-likeness (QED) is 0.660. The molecule has 78 valence electrons. The zero-order valence-corrected chi connectivity index (χ0v) is 8.41. The zero-order chi connectivity index (χ0) is 11.0. The van der Waals surface area contributed by atoms with Crippen molar-refractivity contribution in [2.75, 3.05) is 5.73 Å². The van der Waals surface area contributed by atoms with Crippen LogP contribution in [0.4, 0.5) is 5.69 Å². The molecule has 3 rings (SSSR count).